The molecule has 0 fully saturated rings. The Bertz CT molecular complexity index is 874. The monoisotopic (exact) mass is 345 g/mol. The minimum atomic E-state index is -0.640. The number of aromatic hydroxyl groups is 1. The van der Waals surface area contributed by atoms with Gasteiger partial charge in [0.15, 0.2) is 11.4 Å². The Hall–Kier alpha value is -2.47. The number of halogens is 1. The molecule has 0 bridgehead atoms. The number of thiophene rings is 1. The predicted octanol–water partition coefficient (Wildman–Crippen LogP) is 4.76. The number of carbonyl (C=O) groups is 1. The number of pyridine rings is 1. The molecule has 124 valence electrons. The summed E-state index contributed by atoms with van der Waals surface area (Å²) in [5, 5.41) is 12.9. The fourth-order valence-electron chi connectivity index (χ4n) is 2.38. The van der Waals surface area contributed by atoms with E-state index >= 15 is 0 Å². The lowest BCUT2D eigenvalue weighted by atomic mass is 10.0. The number of benzene rings is 1. The summed E-state index contributed by atoms with van der Waals surface area (Å²) in [6.45, 7) is 2.29. The molecule has 0 atom stereocenters. The van der Waals surface area contributed by atoms with Crippen LogP contribution in [0.15, 0.2) is 35.8 Å². The minimum Gasteiger partial charge on any atom is -0.505 e. The molecule has 0 saturated heterocycles. The molecule has 6 heteroatoms. The molecule has 1 N–H and O–H groups in total. The van der Waals surface area contributed by atoms with Crippen LogP contribution in [0.4, 0.5) is 4.39 Å². The van der Waals surface area contributed by atoms with Gasteiger partial charge in [-0.25, -0.2) is 14.2 Å². The summed E-state index contributed by atoms with van der Waals surface area (Å²) in [4.78, 5) is 16.1. The van der Waals surface area contributed by atoms with Gasteiger partial charge in [-0.15, -0.1) is 11.3 Å². The van der Waals surface area contributed by atoms with E-state index in [4.69, 9.17) is 4.74 Å². The van der Waals surface area contributed by atoms with Gasteiger partial charge in [-0.3, -0.25) is 0 Å². The first-order chi connectivity index (χ1) is 11.6. The molecule has 2 heterocycles. The molecule has 0 aliphatic carbocycles. The number of unbranched alkanes of at least 4 members (excludes halogenated alkanes) is 1. The van der Waals surface area contributed by atoms with Crippen LogP contribution in [0.5, 0.6) is 5.75 Å². The zero-order valence-corrected chi connectivity index (χ0v) is 13.9. The highest BCUT2D eigenvalue weighted by molar-refractivity contribution is 7.17. The average molecular weight is 345 g/mol. The second-order valence-electron chi connectivity index (χ2n) is 5.34. The molecule has 0 radical (unpaired) electrons. The van der Waals surface area contributed by atoms with Gasteiger partial charge in [-0.1, -0.05) is 25.5 Å². The lowest BCUT2D eigenvalue weighted by Crippen LogP contribution is -2.08. The van der Waals surface area contributed by atoms with Crippen LogP contribution in [-0.4, -0.2) is 22.7 Å². The molecule has 0 unspecified atom stereocenters. The first-order valence-electron chi connectivity index (χ1n) is 7.64. The zero-order valence-electron chi connectivity index (χ0n) is 13.1. The van der Waals surface area contributed by atoms with Crippen LogP contribution in [-0.2, 0) is 4.74 Å². The molecule has 3 aromatic rings. The molecule has 0 spiro atoms. The highest BCUT2D eigenvalue weighted by atomic mass is 32.1. The minimum absolute atomic E-state index is 0.0969. The van der Waals surface area contributed by atoms with Crippen molar-refractivity contribution in [3.8, 4) is 16.9 Å². The number of nitrogens with zero attached hydrogens (tertiary/aromatic N) is 1. The van der Waals surface area contributed by atoms with Gasteiger partial charge in [0, 0.05) is 17.1 Å². The smallest absolute Gasteiger partial charge is 0.360 e. The van der Waals surface area contributed by atoms with E-state index in [1.165, 1.54) is 23.5 Å². The molecule has 4 nitrogen and oxygen atoms in total. The fourth-order valence-corrected chi connectivity index (χ4v) is 3.32. The molecule has 0 saturated carbocycles. The first-order valence-corrected chi connectivity index (χ1v) is 8.52. The molecule has 0 amide bonds. The van der Waals surface area contributed by atoms with Crippen molar-refractivity contribution in [2.24, 2.45) is 0 Å². The topological polar surface area (TPSA) is 59.4 Å². The lowest BCUT2D eigenvalue weighted by molar-refractivity contribution is 0.0489. The largest absolute Gasteiger partial charge is 0.505 e. The number of ether oxygens (including phenoxy) is 1. The van der Waals surface area contributed by atoms with Gasteiger partial charge in [-0.2, -0.15) is 0 Å². The Morgan fingerprint density at radius 3 is 2.79 bits per heavy atom. The third-order valence-electron chi connectivity index (χ3n) is 3.67. The quantitative estimate of drug-likeness (QED) is 0.535. The van der Waals surface area contributed by atoms with Crippen molar-refractivity contribution in [2.45, 2.75) is 19.8 Å². The fraction of sp³-hybridized carbons (Fsp3) is 0.222. The summed E-state index contributed by atoms with van der Waals surface area (Å²) in [7, 11) is 0. The van der Waals surface area contributed by atoms with Crippen molar-refractivity contribution < 1.29 is 19.0 Å². The van der Waals surface area contributed by atoms with Crippen molar-refractivity contribution in [1.29, 1.82) is 0 Å². The highest BCUT2D eigenvalue weighted by Crippen LogP contribution is 2.40. The van der Waals surface area contributed by atoms with Crippen molar-refractivity contribution in [3.63, 3.8) is 0 Å². The molecule has 0 aliphatic heterocycles. The van der Waals surface area contributed by atoms with E-state index < -0.39 is 5.97 Å². The van der Waals surface area contributed by atoms with E-state index in [1.54, 1.807) is 18.3 Å². The summed E-state index contributed by atoms with van der Waals surface area (Å²) in [6, 6.07) is 5.99. The maximum absolute atomic E-state index is 13.1. The number of hydrogen-bond acceptors (Lipinski definition) is 5. The molecule has 3 rings (SSSR count). The summed E-state index contributed by atoms with van der Waals surface area (Å²) in [6.07, 6.45) is 3.21. The van der Waals surface area contributed by atoms with Crippen LogP contribution in [0.1, 0.15) is 30.3 Å². The number of esters is 1. The molecular formula is C18H16FNO3S. The van der Waals surface area contributed by atoms with E-state index in [-0.39, 0.29) is 17.3 Å². The maximum atomic E-state index is 13.1. The van der Waals surface area contributed by atoms with E-state index in [2.05, 4.69) is 4.98 Å². The van der Waals surface area contributed by atoms with Crippen molar-refractivity contribution >= 4 is 27.4 Å². The van der Waals surface area contributed by atoms with E-state index in [0.717, 1.165) is 28.7 Å². The SMILES string of the molecule is CCCCOC(=O)c1ncc2scc(-c3ccc(F)cc3)c2c1O. The summed E-state index contributed by atoms with van der Waals surface area (Å²) in [5.41, 5.74) is 1.40. The number of hydrogen-bond donors (Lipinski definition) is 1. The van der Waals surface area contributed by atoms with Gasteiger partial charge in [0.05, 0.1) is 11.3 Å². The maximum Gasteiger partial charge on any atom is 0.360 e. The van der Waals surface area contributed by atoms with E-state index in [0.29, 0.717) is 12.0 Å². The predicted molar refractivity (Wildman–Crippen MR) is 91.9 cm³/mol. The first kappa shape index (κ1) is 16.4. The number of carbonyl (C=O) groups excluding carboxylic acids is 1. The normalized spacial score (nSPS) is 10.9. The third kappa shape index (κ3) is 3.10. The molecule has 2 aromatic heterocycles. The Kier molecular flexibility index (Phi) is 4.76. The van der Waals surface area contributed by atoms with Crippen LogP contribution in [0.2, 0.25) is 0 Å². The molecule has 1 aromatic carbocycles. The number of fused-ring (bicyclic) bond motifs is 1. The third-order valence-corrected chi connectivity index (χ3v) is 4.59. The van der Waals surface area contributed by atoms with Gasteiger partial charge in [0.1, 0.15) is 5.82 Å². The number of aromatic nitrogens is 1. The summed E-state index contributed by atoms with van der Waals surface area (Å²) >= 11 is 1.40. The van der Waals surface area contributed by atoms with Crippen LogP contribution < -0.4 is 0 Å². The lowest BCUT2D eigenvalue weighted by Gasteiger charge is -2.07. The standard InChI is InChI=1S/C18H16FNO3S/c1-2-3-8-23-18(22)16-17(21)15-13(10-24-14(15)9-20-16)11-4-6-12(19)7-5-11/h4-7,9-10,21H,2-3,8H2,1H3. The van der Waals surface area contributed by atoms with E-state index in [9.17, 15) is 14.3 Å². The van der Waals surface area contributed by atoms with Gasteiger partial charge in [0.25, 0.3) is 0 Å². The highest BCUT2D eigenvalue weighted by Gasteiger charge is 2.20. The Balaban J connectivity index is 2.02. The van der Waals surface area contributed by atoms with Crippen LogP contribution >= 0.6 is 11.3 Å². The van der Waals surface area contributed by atoms with Crippen LogP contribution in [0, 0.1) is 5.82 Å². The number of rotatable bonds is 5. The van der Waals surface area contributed by atoms with Crippen LogP contribution in [0.25, 0.3) is 21.2 Å². The molecular weight excluding hydrogens is 329 g/mol. The Labute approximate surface area is 142 Å². The van der Waals surface area contributed by atoms with Gasteiger partial charge < -0.3 is 9.84 Å². The van der Waals surface area contributed by atoms with Gasteiger partial charge in [0.2, 0.25) is 0 Å². The van der Waals surface area contributed by atoms with Crippen molar-refractivity contribution in [1.82, 2.24) is 4.98 Å². The van der Waals surface area contributed by atoms with Crippen molar-refractivity contribution in [2.75, 3.05) is 6.61 Å². The zero-order chi connectivity index (χ0) is 17.1. The molecule has 24 heavy (non-hydrogen) atoms. The van der Waals surface area contributed by atoms with E-state index in [1.807, 2.05) is 12.3 Å². The Morgan fingerprint density at radius 1 is 1.33 bits per heavy atom. The van der Waals surface area contributed by atoms with Gasteiger partial charge in [-0.05, 0) is 29.5 Å². The summed E-state index contributed by atoms with van der Waals surface area (Å²) < 4.78 is 19.0. The van der Waals surface area contributed by atoms with Crippen LogP contribution in [0.3, 0.4) is 0 Å². The summed E-state index contributed by atoms with van der Waals surface area (Å²) in [5.74, 6) is -1.17. The second kappa shape index (κ2) is 6.97. The van der Waals surface area contributed by atoms with Crippen molar-refractivity contribution in [3.05, 3.63) is 47.4 Å². The second-order valence-corrected chi connectivity index (χ2v) is 6.25. The Morgan fingerprint density at radius 2 is 2.08 bits per heavy atom. The van der Waals surface area contributed by atoms with Gasteiger partial charge >= 0.3 is 5.97 Å². The molecule has 0 aliphatic rings. The average Bonchev–Trinajstić information content (AvgIpc) is 3.01.